The Labute approximate surface area is 235 Å². The van der Waals surface area contributed by atoms with Crippen LogP contribution in [-0.4, -0.2) is 61.0 Å². The molecule has 3 fully saturated rings. The van der Waals surface area contributed by atoms with Crippen molar-refractivity contribution >= 4 is 28.0 Å². The van der Waals surface area contributed by atoms with Crippen LogP contribution in [0.2, 0.25) is 0 Å². The molecule has 5 rings (SSSR count). The minimum absolute atomic E-state index is 0.0239. The molecule has 216 valence electrons. The zero-order valence-electron chi connectivity index (χ0n) is 22.1. The zero-order valence-corrected chi connectivity index (χ0v) is 22.9. The summed E-state index contributed by atoms with van der Waals surface area (Å²) in [5.41, 5.74) is -0.382. The van der Waals surface area contributed by atoms with Gasteiger partial charge in [0.25, 0.3) is 10.1 Å². The van der Waals surface area contributed by atoms with Gasteiger partial charge in [0.15, 0.2) is 17.2 Å². The summed E-state index contributed by atoms with van der Waals surface area (Å²) in [4.78, 5) is 38.5. The summed E-state index contributed by atoms with van der Waals surface area (Å²) in [6.45, 7) is 2.72. The van der Waals surface area contributed by atoms with E-state index in [-0.39, 0.29) is 17.2 Å². The van der Waals surface area contributed by atoms with Gasteiger partial charge in [-0.3, -0.25) is 14.1 Å². The molecule has 0 radical (unpaired) electrons. The lowest BCUT2D eigenvalue weighted by Gasteiger charge is -2.30. The fourth-order valence-electron chi connectivity index (χ4n) is 5.76. The van der Waals surface area contributed by atoms with Crippen LogP contribution in [0.1, 0.15) is 36.2 Å². The van der Waals surface area contributed by atoms with E-state index >= 15 is 0 Å². The van der Waals surface area contributed by atoms with Gasteiger partial charge in [0.2, 0.25) is 0 Å². The third-order valence-corrected chi connectivity index (χ3v) is 8.14. The lowest BCUT2D eigenvalue weighted by atomic mass is 9.78. The maximum absolute atomic E-state index is 14.6. The van der Waals surface area contributed by atoms with Crippen LogP contribution in [0.4, 0.5) is 4.39 Å². The van der Waals surface area contributed by atoms with E-state index in [2.05, 4.69) is 11.8 Å². The van der Waals surface area contributed by atoms with Crippen molar-refractivity contribution in [3.63, 3.8) is 0 Å². The summed E-state index contributed by atoms with van der Waals surface area (Å²) in [6, 6.07) is 12.7. The second-order valence-electron chi connectivity index (χ2n) is 10.7. The van der Waals surface area contributed by atoms with Gasteiger partial charge in [-0.2, -0.15) is 8.42 Å². The Morgan fingerprint density at radius 1 is 1.15 bits per heavy atom. The highest BCUT2D eigenvalue weighted by atomic mass is 32.2. The van der Waals surface area contributed by atoms with Crippen LogP contribution in [0.3, 0.4) is 0 Å². The second-order valence-corrected chi connectivity index (χ2v) is 12.3. The molecule has 0 amide bonds. The van der Waals surface area contributed by atoms with Gasteiger partial charge in [0.05, 0.1) is 17.4 Å². The quantitative estimate of drug-likeness (QED) is 0.212. The highest BCUT2D eigenvalue weighted by Crippen LogP contribution is 2.59. The van der Waals surface area contributed by atoms with Gasteiger partial charge in [-0.15, -0.1) is 0 Å². The van der Waals surface area contributed by atoms with Crippen LogP contribution in [0.25, 0.3) is 0 Å². The molecular formula is C29H27FO10S. The number of fused-ring (bicyclic) bond motifs is 1. The lowest BCUT2D eigenvalue weighted by molar-refractivity contribution is -0.155. The van der Waals surface area contributed by atoms with Crippen LogP contribution < -0.4 is 4.74 Å². The Morgan fingerprint density at radius 3 is 2.59 bits per heavy atom. The van der Waals surface area contributed by atoms with Gasteiger partial charge in [-0.25, -0.2) is 9.18 Å². The molecule has 6 atom stereocenters. The first kappa shape index (κ1) is 28.6. The number of carbonyl (C=O) groups excluding carboxylic acids is 3. The van der Waals surface area contributed by atoms with E-state index < -0.39 is 81.8 Å². The first-order valence-corrected chi connectivity index (χ1v) is 14.5. The first-order valence-electron chi connectivity index (χ1n) is 12.9. The lowest BCUT2D eigenvalue weighted by Crippen LogP contribution is -2.44. The van der Waals surface area contributed by atoms with E-state index in [4.69, 9.17) is 23.5 Å². The van der Waals surface area contributed by atoms with Crippen LogP contribution in [-0.2, 0) is 33.9 Å². The molecule has 2 bridgehead atoms. The summed E-state index contributed by atoms with van der Waals surface area (Å²) in [7, 11) is -4.35. The second kappa shape index (κ2) is 10.8. The van der Waals surface area contributed by atoms with Gasteiger partial charge in [-0.1, -0.05) is 30.0 Å². The first-order chi connectivity index (χ1) is 19.3. The summed E-state index contributed by atoms with van der Waals surface area (Å²) in [6.07, 6.45) is -1.34. The van der Waals surface area contributed by atoms with E-state index in [0.29, 0.717) is 6.42 Å². The molecule has 2 saturated carbocycles. The van der Waals surface area contributed by atoms with Crippen molar-refractivity contribution in [2.75, 3.05) is 12.4 Å². The minimum atomic E-state index is -4.35. The van der Waals surface area contributed by atoms with E-state index in [9.17, 15) is 27.2 Å². The predicted octanol–water partition coefficient (Wildman–Crippen LogP) is 2.80. The van der Waals surface area contributed by atoms with E-state index in [0.717, 1.165) is 11.6 Å². The number of ether oxygens (including phenoxy) is 4. The van der Waals surface area contributed by atoms with Crippen molar-refractivity contribution in [2.24, 2.45) is 23.7 Å². The highest BCUT2D eigenvalue weighted by Gasteiger charge is 2.70. The van der Waals surface area contributed by atoms with Crippen LogP contribution in [0.5, 0.6) is 5.75 Å². The Bertz CT molecular complexity index is 1540. The largest absolute Gasteiger partial charge is 0.472 e. The number of halogens is 1. The number of carbonyl (C=O) groups is 3. The monoisotopic (exact) mass is 586 g/mol. The van der Waals surface area contributed by atoms with Gasteiger partial charge >= 0.3 is 17.9 Å². The highest BCUT2D eigenvalue weighted by molar-refractivity contribution is 7.85. The van der Waals surface area contributed by atoms with Crippen LogP contribution in [0, 0.1) is 41.3 Å². The summed E-state index contributed by atoms with van der Waals surface area (Å²) < 4.78 is 67.4. The predicted molar refractivity (Wildman–Crippen MR) is 139 cm³/mol. The molecular weight excluding hydrogens is 559 g/mol. The van der Waals surface area contributed by atoms with Crippen molar-refractivity contribution in [1.29, 1.82) is 0 Å². The number of hydrogen-bond acceptors (Lipinski definition) is 9. The SMILES string of the molecule is CC(C)(C#Cc1ccccc1)Oc1cc(C(=O)OC2C3CC4C2OC(=O)C4C3C(=O)OCCS(=O)(=O)O)ccc1F. The number of hydrogen-bond donors (Lipinski definition) is 1. The third kappa shape index (κ3) is 6.06. The zero-order chi connectivity index (χ0) is 29.5. The molecule has 10 nitrogen and oxygen atoms in total. The van der Waals surface area contributed by atoms with Crippen molar-refractivity contribution in [1.82, 2.24) is 0 Å². The Morgan fingerprint density at radius 2 is 1.88 bits per heavy atom. The molecule has 1 saturated heterocycles. The Kier molecular flexibility index (Phi) is 7.52. The van der Waals surface area contributed by atoms with Gasteiger partial charge in [-0.05, 0) is 50.6 Å². The molecule has 41 heavy (non-hydrogen) atoms. The molecule has 1 aliphatic heterocycles. The van der Waals surface area contributed by atoms with E-state index in [1.807, 2.05) is 30.3 Å². The molecule has 6 unspecified atom stereocenters. The maximum atomic E-state index is 14.6. The molecule has 3 aliphatic rings. The third-order valence-electron chi connectivity index (χ3n) is 7.46. The maximum Gasteiger partial charge on any atom is 0.338 e. The van der Waals surface area contributed by atoms with Crippen LogP contribution in [0.15, 0.2) is 48.5 Å². The average Bonchev–Trinajstić information content (AvgIpc) is 3.52. The van der Waals surface area contributed by atoms with E-state index in [1.54, 1.807) is 13.8 Å². The molecule has 12 heteroatoms. The van der Waals surface area contributed by atoms with Crippen molar-refractivity contribution in [3.05, 3.63) is 65.5 Å². The average molecular weight is 587 g/mol. The molecule has 1 heterocycles. The van der Waals surface area contributed by atoms with Gasteiger partial charge in [0, 0.05) is 17.4 Å². The molecule has 2 aromatic carbocycles. The summed E-state index contributed by atoms with van der Waals surface area (Å²) in [5.74, 6) is -0.860. The molecule has 2 aromatic rings. The van der Waals surface area contributed by atoms with Gasteiger partial charge < -0.3 is 18.9 Å². The fourth-order valence-corrected chi connectivity index (χ4v) is 6.05. The minimum Gasteiger partial charge on any atom is -0.472 e. The number of rotatable bonds is 8. The topological polar surface area (TPSA) is 142 Å². The molecule has 0 aromatic heterocycles. The summed E-state index contributed by atoms with van der Waals surface area (Å²) >= 11 is 0. The van der Waals surface area contributed by atoms with E-state index in [1.165, 1.54) is 12.1 Å². The molecule has 0 spiro atoms. The van der Waals surface area contributed by atoms with Crippen molar-refractivity contribution in [3.8, 4) is 17.6 Å². The Balaban J connectivity index is 1.29. The fraction of sp³-hybridized carbons (Fsp3) is 0.414. The number of esters is 3. The normalized spacial score (nSPS) is 26.1. The standard InChI is InChI=1S/C29H27FO10S/c1-29(2,11-10-16-6-4-3-5-7-16)40-21-14-17(8-9-20(21)30)26(31)38-24-18-15-19-23(28(33)39-25(19)24)22(18)27(32)37-12-13-41(34,35)36/h3-9,14,18-19,22-25H,12-13,15H2,1-2H3,(H,34,35,36). The molecule has 2 aliphatic carbocycles. The van der Waals surface area contributed by atoms with Gasteiger partial charge in [0.1, 0.15) is 24.6 Å². The van der Waals surface area contributed by atoms with Crippen molar-refractivity contribution in [2.45, 2.75) is 38.1 Å². The Hall–Kier alpha value is -3.95. The van der Waals surface area contributed by atoms with Crippen LogP contribution >= 0.6 is 0 Å². The number of benzene rings is 2. The van der Waals surface area contributed by atoms with Crippen molar-refractivity contribution < 1.29 is 50.7 Å². The summed E-state index contributed by atoms with van der Waals surface area (Å²) in [5, 5.41) is 0. The molecule has 1 N–H and O–H groups in total. The smallest absolute Gasteiger partial charge is 0.338 e.